The van der Waals surface area contributed by atoms with E-state index in [0.717, 1.165) is 5.56 Å². The first-order valence-electron chi connectivity index (χ1n) is 10.6. The van der Waals surface area contributed by atoms with E-state index >= 15 is 0 Å². The van der Waals surface area contributed by atoms with Crippen molar-refractivity contribution >= 4 is 17.7 Å². The molecule has 1 saturated carbocycles. The molecule has 1 aliphatic rings. The normalized spacial score (nSPS) is 26.9. The van der Waals surface area contributed by atoms with Gasteiger partial charge in [0.15, 0.2) is 5.78 Å². The largest absolute Gasteiger partial charge is 0.463 e. The molecule has 1 fully saturated rings. The highest BCUT2D eigenvalue weighted by Gasteiger charge is 2.57. The first-order valence-corrected chi connectivity index (χ1v) is 10.6. The second-order valence-corrected chi connectivity index (χ2v) is 9.27. The van der Waals surface area contributed by atoms with E-state index in [2.05, 4.69) is 13.8 Å². The molecule has 4 atom stereocenters. The van der Waals surface area contributed by atoms with Crippen molar-refractivity contribution in [3.63, 3.8) is 0 Å². The van der Waals surface area contributed by atoms with Crippen molar-refractivity contribution in [2.45, 2.75) is 84.5 Å². The lowest BCUT2D eigenvalue weighted by Crippen LogP contribution is -2.55. The molecule has 1 aromatic carbocycles. The summed E-state index contributed by atoms with van der Waals surface area (Å²) in [6.45, 7) is 12.4. The highest BCUT2D eigenvalue weighted by atomic mass is 16.5. The van der Waals surface area contributed by atoms with E-state index in [1.54, 1.807) is 27.7 Å². The Kier molecular flexibility index (Phi) is 7.45. The van der Waals surface area contributed by atoms with Gasteiger partial charge in [0.05, 0.1) is 23.7 Å². The van der Waals surface area contributed by atoms with Crippen molar-refractivity contribution in [1.82, 2.24) is 0 Å². The summed E-state index contributed by atoms with van der Waals surface area (Å²) in [6.07, 6.45) is -1.11. The molecule has 0 saturated heterocycles. The van der Waals surface area contributed by atoms with Gasteiger partial charge in [0.2, 0.25) is 0 Å². The van der Waals surface area contributed by atoms with E-state index < -0.39 is 53.3 Å². The number of ether oxygens (including phenoxy) is 2. The third-order valence-corrected chi connectivity index (χ3v) is 5.47. The monoisotopic (exact) mass is 418 g/mol. The summed E-state index contributed by atoms with van der Waals surface area (Å²) in [6, 6.07) is 7.48. The van der Waals surface area contributed by atoms with Gasteiger partial charge in [-0.25, -0.2) is 0 Å². The molecule has 1 aliphatic carbocycles. The molecule has 0 aromatic heterocycles. The Morgan fingerprint density at radius 1 is 0.967 bits per heavy atom. The molecule has 0 spiro atoms. The Labute approximate surface area is 179 Å². The molecule has 0 amide bonds. The van der Waals surface area contributed by atoms with Crippen molar-refractivity contribution in [2.75, 3.05) is 0 Å². The Hall–Kier alpha value is -2.21. The van der Waals surface area contributed by atoms with Gasteiger partial charge < -0.3 is 14.6 Å². The van der Waals surface area contributed by atoms with E-state index in [9.17, 15) is 19.5 Å². The lowest BCUT2D eigenvalue weighted by atomic mass is 9.61. The van der Waals surface area contributed by atoms with E-state index in [-0.39, 0.29) is 6.42 Å². The summed E-state index contributed by atoms with van der Waals surface area (Å²) in [4.78, 5) is 38.9. The fourth-order valence-corrected chi connectivity index (χ4v) is 4.13. The van der Waals surface area contributed by atoms with Gasteiger partial charge in [-0.05, 0) is 51.7 Å². The fraction of sp³-hybridized carbons (Fsp3) is 0.625. The van der Waals surface area contributed by atoms with Crippen molar-refractivity contribution in [2.24, 2.45) is 11.8 Å². The van der Waals surface area contributed by atoms with Crippen molar-refractivity contribution in [1.29, 1.82) is 0 Å². The average molecular weight is 419 g/mol. The van der Waals surface area contributed by atoms with Crippen LogP contribution in [0.15, 0.2) is 24.3 Å². The number of carbonyl (C=O) groups is 3. The molecule has 0 heterocycles. The maximum Gasteiger partial charge on any atom is 0.317 e. The van der Waals surface area contributed by atoms with E-state index in [1.807, 2.05) is 24.3 Å². The first-order chi connectivity index (χ1) is 13.8. The van der Waals surface area contributed by atoms with Crippen LogP contribution >= 0.6 is 0 Å². The quantitative estimate of drug-likeness (QED) is 0.559. The highest BCUT2D eigenvalue weighted by molar-refractivity contribution is 6.02. The number of ketones is 1. The predicted molar refractivity (Wildman–Crippen MR) is 113 cm³/mol. The molecule has 166 valence electrons. The maximum atomic E-state index is 13.0. The minimum Gasteiger partial charge on any atom is -0.463 e. The van der Waals surface area contributed by atoms with Gasteiger partial charge in [-0.1, -0.05) is 38.1 Å². The standard InChI is InChI=1S/C24H34O6/c1-13(2)16-8-10-17(11-9-16)19-20(22(26)29-14(3)4)18(25)12-24(7,28)21(19)23(27)30-15(5)6/h8-11,13-15,19-21,28H,12H2,1-7H3/t19-,20-,21-,24+/m0/s1. The molecule has 0 aliphatic heterocycles. The Morgan fingerprint density at radius 3 is 1.93 bits per heavy atom. The number of hydrogen-bond donors (Lipinski definition) is 1. The topological polar surface area (TPSA) is 89.9 Å². The zero-order valence-corrected chi connectivity index (χ0v) is 19.0. The Balaban J connectivity index is 2.61. The summed E-state index contributed by atoms with van der Waals surface area (Å²) in [5.74, 6) is -4.56. The van der Waals surface area contributed by atoms with Crippen molar-refractivity contribution in [3.05, 3.63) is 35.4 Å². The van der Waals surface area contributed by atoms with Crippen LogP contribution in [0.1, 0.15) is 77.8 Å². The summed E-state index contributed by atoms with van der Waals surface area (Å²) in [7, 11) is 0. The van der Waals surface area contributed by atoms with Crippen LogP contribution in [0.5, 0.6) is 0 Å². The minimum absolute atomic E-state index is 0.304. The van der Waals surface area contributed by atoms with E-state index in [4.69, 9.17) is 9.47 Å². The van der Waals surface area contributed by atoms with Gasteiger partial charge in [-0.15, -0.1) is 0 Å². The van der Waals surface area contributed by atoms with Crippen LogP contribution < -0.4 is 0 Å². The van der Waals surface area contributed by atoms with Crippen LogP contribution in [0.2, 0.25) is 0 Å². The number of aliphatic hydroxyl groups is 1. The number of esters is 2. The molecule has 0 unspecified atom stereocenters. The maximum absolute atomic E-state index is 13.0. The Bertz CT molecular complexity index is 767. The second-order valence-electron chi connectivity index (χ2n) is 9.27. The summed E-state index contributed by atoms with van der Waals surface area (Å²) >= 11 is 0. The molecule has 0 bridgehead atoms. The fourth-order valence-electron chi connectivity index (χ4n) is 4.13. The molecule has 1 N–H and O–H groups in total. The van der Waals surface area contributed by atoms with Gasteiger partial charge in [-0.2, -0.15) is 0 Å². The van der Waals surface area contributed by atoms with Crippen molar-refractivity contribution < 1.29 is 29.0 Å². The summed E-state index contributed by atoms with van der Waals surface area (Å²) < 4.78 is 10.8. The third-order valence-electron chi connectivity index (χ3n) is 5.47. The molecule has 6 nitrogen and oxygen atoms in total. The number of rotatable bonds is 6. The predicted octanol–water partition coefficient (Wildman–Crippen LogP) is 3.75. The summed E-state index contributed by atoms with van der Waals surface area (Å²) in [5.41, 5.74) is 0.0818. The smallest absolute Gasteiger partial charge is 0.317 e. The lowest BCUT2D eigenvalue weighted by molar-refractivity contribution is -0.176. The van der Waals surface area contributed by atoms with Gasteiger partial charge in [0.1, 0.15) is 5.92 Å². The zero-order valence-electron chi connectivity index (χ0n) is 19.0. The third kappa shape index (κ3) is 5.28. The van der Waals surface area contributed by atoms with Gasteiger partial charge >= 0.3 is 11.9 Å². The lowest BCUT2D eigenvalue weighted by Gasteiger charge is -2.44. The number of hydrogen-bond acceptors (Lipinski definition) is 6. The molecule has 1 aromatic rings. The zero-order chi connectivity index (χ0) is 22.8. The molecule has 30 heavy (non-hydrogen) atoms. The number of carbonyl (C=O) groups excluding carboxylic acids is 3. The molecular formula is C24H34O6. The van der Waals surface area contributed by atoms with Crippen LogP contribution in [0.4, 0.5) is 0 Å². The molecule has 0 radical (unpaired) electrons. The van der Waals surface area contributed by atoms with Crippen LogP contribution in [0.3, 0.4) is 0 Å². The van der Waals surface area contributed by atoms with Crippen LogP contribution in [-0.2, 0) is 23.9 Å². The molecule has 6 heteroatoms. The van der Waals surface area contributed by atoms with Gasteiger partial charge in [0, 0.05) is 12.3 Å². The van der Waals surface area contributed by atoms with Crippen molar-refractivity contribution in [3.8, 4) is 0 Å². The summed E-state index contributed by atoms with van der Waals surface area (Å²) in [5, 5.41) is 11.1. The van der Waals surface area contributed by atoms with Crippen LogP contribution in [0.25, 0.3) is 0 Å². The second kappa shape index (κ2) is 9.29. The average Bonchev–Trinajstić information content (AvgIpc) is 2.58. The minimum atomic E-state index is -1.64. The van der Waals surface area contributed by atoms with E-state index in [1.165, 1.54) is 6.92 Å². The van der Waals surface area contributed by atoms with Gasteiger partial charge in [-0.3, -0.25) is 14.4 Å². The highest BCUT2D eigenvalue weighted by Crippen LogP contribution is 2.47. The number of Topliss-reactive ketones (excluding diaryl/α,β-unsaturated/α-hetero) is 1. The van der Waals surface area contributed by atoms with E-state index in [0.29, 0.717) is 11.5 Å². The van der Waals surface area contributed by atoms with Gasteiger partial charge in [0.25, 0.3) is 0 Å². The first kappa shape index (κ1) is 24.1. The van der Waals surface area contributed by atoms with Crippen LogP contribution in [-0.4, -0.2) is 40.6 Å². The van der Waals surface area contributed by atoms with Crippen LogP contribution in [0, 0.1) is 11.8 Å². The molecule has 2 rings (SSSR count). The molecular weight excluding hydrogens is 384 g/mol. The SMILES string of the molecule is CC(C)OC(=O)[C@H]1C(=O)C[C@@](C)(O)[C@H](C(=O)OC(C)C)[C@H]1c1ccc(C(C)C)cc1. The Morgan fingerprint density at radius 2 is 1.47 bits per heavy atom. The number of benzene rings is 1.